The third kappa shape index (κ3) is 5.72. The fraction of sp³-hybridized carbons (Fsp3) is 0.435. The molecule has 0 saturated heterocycles. The lowest BCUT2D eigenvalue weighted by molar-refractivity contribution is 0.473. The fourth-order valence-electron chi connectivity index (χ4n) is 3.47. The van der Waals surface area contributed by atoms with Gasteiger partial charge in [0, 0.05) is 50.7 Å². The van der Waals surface area contributed by atoms with Gasteiger partial charge in [-0.1, -0.05) is 44.2 Å². The Morgan fingerprint density at radius 2 is 1.93 bits per heavy atom. The molecule has 1 aromatic carbocycles. The van der Waals surface area contributed by atoms with E-state index < -0.39 is 0 Å². The quantitative estimate of drug-likeness (QED) is 0.459. The Morgan fingerprint density at radius 3 is 2.63 bits per heavy atom. The molecule has 2 heterocycles. The zero-order valence-electron chi connectivity index (χ0n) is 18.7. The van der Waals surface area contributed by atoms with Gasteiger partial charge in [-0.3, -0.25) is 9.36 Å². The minimum absolute atomic E-state index is 0.393. The predicted molar refractivity (Wildman–Crippen MR) is 121 cm³/mol. The highest BCUT2D eigenvalue weighted by molar-refractivity contribution is 5.79. The van der Waals surface area contributed by atoms with Crippen molar-refractivity contribution in [3.05, 3.63) is 71.3 Å². The Morgan fingerprint density at radius 1 is 1.17 bits per heavy atom. The molecule has 3 aromatic rings. The van der Waals surface area contributed by atoms with Crippen molar-refractivity contribution < 1.29 is 0 Å². The van der Waals surface area contributed by atoms with Gasteiger partial charge in [-0.2, -0.15) is 10.2 Å². The van der Waals surface area contributed by atoms with E-state index in [-0.39, 0.29) is 0 Å². The number of nitrogens with one attached hydrogen (secondary N) is 1. The Hall–Kier alpha value is -3.09. The van der Waals surface area contributed by atoms with E-state index in [1.54, 1.807) is 0 Å². The molecule has 0 fully saturated rings. The van der Waals surface area contributed by atoms with Crippen LogP contribution in [0.15, 0.2) is 53.9 Å². The van der Waals surface area contributed by atoms with Crippen molar-refractivity contribution in [2.75, 3.05) is 13.6 Å². The molecule has 0 amide bonds. The first kappa shape index (κ1) is 21.6. The van der Waals surface area contributed by atoms with Crippen LogP contribution in [0.1, 0.15) is 49.1 Å². The molecule has 0 saturated carbocycles. The zero-order valence-corrected chi connectivity index (χ0v) is 18.7. The Kier molecular flexibility index (Phi) is 7.27. The fourth-order valence-corrected chi connectivity index (χ4v) is 3.47. The smallest absolute Gasteiger partial charge is 0.194 e. The molecule has 7 heteroatoms. The third-order valence-corrected chi connectivity index (χ3v) is 4.87. The predicted octanol–water partition coefficient (Wildman–Crippen LogP) is 3.39. The number of aromatic nitrogens is 4. The van der Waals surface area contributed by atoms with E-state index in [2.05, 4.69) is 84.9 Å². The number of rotatable bonds is 8. The third-order valence-electron chi connectivity index (χ3n) is 4.87. The van der Waals surface area contributed by atoms with Crippen molar-refractivity contribution in [2.45, 2.75) is 46.3 Å². The molecule has 0 aliphatic rings. The summed E-state index contributed by atoms with van der Waals surface area (Å²) >= 11 is 0. The summed E-state index contributed by atoms with van der Waals surface area (Å²) in [7, 11) is 4.04. The van der Waals surface area contributed by atoms with Gasteiger partial charge in [0.2, 0.25) is 0 Å². The van der Waals surface area contributed by atoms with Crippen molar-refractivity contribution in [1.82, 2.24) is 29.8 Å². The maximum atomic E-state index is 4.83. The van der Waals surface area contributed by atoms with Crippen LogP contribution in [0.3, 0.4) is 0 Å². The molecule has 1 N–H and O–H groups in total. The first-order valence-electron chi connectivity index (χ1n) is 10.5. The van der Waals surface area contributed by atoms with Gasteiger partial charge in [0.15, 0.2) is 5.96 Å². The molecule has 0 radical (unpaired) electrons. The van der Waals surface area contributed by atoms with Crippen molar-refractivity contribution in [3.8, 4) is 0 Å². The minimum atomic E-state index is 0.393. The van der Waals surface area contributed by atoms with Crippen LogP contribution >= 0.6 is 0 Å². The molecule has 0 aliphatic carbocycles. The van der Waals surface area contributed by atoms with Crippen LogP contribution in [0, 0.1) is 0 Å². The average molecular weight is 408 g/mol. The maximum absolute atomic E-state index is 4.83. The summed E-state index contributed by atoms with van der Waals surface area (Å²) in [5, 5.41) is 12.5. The number of hydrogen-bond donors (Lipinski definition) is 1. The highest BCUT2D eigenvalue weighted by Crippen LogP contribution is 2.18. The molecule has 0 bridgehead atoms. The Bertz CT molecular complexity index is 953. The molecule has 0 spiro atoms. The molecule has 0 unspecified atom stereocenters. The summed E-state index contributed by atoms with van der Waals surface area (Å²) in [6.07, 6.45) is 6.06. The zero-order chi connectivity index (χ0) is 21.5. The molecular weight excluding hydrogens is 374 g/mol. The SMILES string of the molecule is CCNC(=NCc1cnn(Cc2ccccc2)c1)N(C)Cc1cn(C)nc1C(C)C. The van der Waals surface area contributed by atoms with Crippen LogP contribution in [0.2, 0.25) is 0 Å². The highest BCUT2D eigenvalue weighted by atomic mass is 15.3. The maximum Gasteiger partial charge on any atom is 0.194 e. The van der Waals surface area contributed by atoms with Crippen LogP contribution < -0.4 is 5.32 Å². The lowest BCUT2D eigenvalue weighted by atomic mass is 10.1. The van der Waals surface area contributed by atoms with E-state index in [9.17, 15) is 0 Å². The van der Waals surface area contributed by atoms with Crippen LogP contribution in [-0.2, 0) is 26.7 Å². The normalized spacial score (nSPS) is 11.9. The molecule has 2 aromatic heterocycles. The van der Waals surface area contributed by atoms with E-state index in [1.165, 1.54) is 11.1 Å². The molecule has 7 nitrogen and oxygen atoms in total. The van der Waals surface area contributed by atoms with E-state index in [0.717, 1.165) is 36.9 Å². The van der Waals surface area contributed by atoms with Gasteiger partial charge in [0.25, 0.3) is 0 Å². The summed E-state index contributed by atoms with van der Waals surface area (Å²) in [5.41, 5.74) is 4.71. The van der Waals surface area contributed by atoms with Gasteiger partial charge in [-0.15, -0.1) is 0 Å². The highest BCUT2D eigenvalue weighted by Gasteiger charge is 2.15. The van der Waals surface area contributed by atoms with Gasteiger partial charge in [0.05, 0.1) is 25.0 Å². The van der Waals surface area contributed by atoms with Crippen molar-refractivity contribution in [1.29, 1.82) is 0 Å². The summed E-state index contributed by atoms with van der Waals surface area (Å²) in [4.78, 5) is 6.99. The van der Waals surface area contributed by atoms with Gasteiger partial charge >= 0.3 is 0 Å². The number of nitrogens with zero attached hydrogens (tertiary/aromatic N) is 6. The standard InChI is InChI=1S/C23H33N7/c1-6-24-23(28(4)16-21-17-29(5)27-22(21)18(2)3)25-12-20-13-26-30(15-20)14-19-10-8-7-9-11-19/h7-11,13,15,17-18H,6,12,14,16H2,1-5H3,(H,24,25). The van der Waals surface area contributed by atoms with E-state index in [0.29, 0.717) is 12.5 Å². The van der Waals surface area contributed by atoms with Crippen LogP contribution in [0.5, 0.6) is 0 Å². The van der Waals surface area contributed by atoms with Crippen molar-refractivity contribution >= 4 is 5.96 Å². The summed E-state index contributed by atoms with van der Waals surface area (Å²) in [6.45, 7) is 9.39. The number of hydrogen-bond acceptors (Lipinski definition) is 3. The number of aliphatic imine (C=N–C) groups is 1. The number of aryl methyl sites for hydroxylation is 1. The monoisotopic (exact) mass is 407 g/mol. The van der Waals surface area contributed by atoms with Crippen LogP contribution in [0.25, 0.3) is 0 Å². The number of guanidine groups is 1. The molecule has 30 heavy (non-hydrogen) atoms. The van der Waals surface area contributed by atoms with E-state index >= 15 is 0 Å². The lowest BCUT2D eigenvalue weighted by Crippen LogP contribution is -2.38. The van der Waals surface area contributed by atoms with Crippen molar-refractivity contribution in [2.24, 2.45) is 12.0 Å². The molecule has 0 atom stereocenters. The first-order valence-corrected chi connectivity index (χ1v) is 10.5. The summed E-state index contributed by atoms with van der Waals surface area (Å²) in [5.74, 6) is 1.27. The minimum Gasteiger partial charge on any atom is -0.357 e. The van der Waals surface area contributed by atoms with Gasteiger partial charge in [-0.25, -0.2) is 4.99 Å². The van der Waals surface area contributed by atoms with Gasteiger partial charge in [0.1, 0.15) is 0 Å². The Labute approximate surface area is 179 Å². The Balaban J connectivity index is 1.67. The summed E-state index contributed by atoms with van der Waals surface area (Å²) in [6, 6.07) is 10.4. The van der Waals surface area contributed by atoms with E-state index in [1.807, 2.05) is 28.7 Å². The largest absolute Gasteiger partial charge is 0.357 e. The average Bonchev–Trinajstić information content (AvgIpc) is 3.32. The second kappa shape index (κ2) is 10.1. The van der Waals surface area contributed by atoms with Crippen LogP contribution in [-0.4, -0.2) is 44.0 Å². The molecule has 3 rings (SSSR count). The van der Waals surface area contributed by atoms with Gasteiger partial charge < -0.3 is 10.2 Å². The topological polar surface area (TPSA) is 63.3 Å². The lowest BCUT2D eigenvalue weighted by Gasteiger charge is -2.22. The molecule has 160 valence electrons. The van der Waals surface area contributed by atoms with Crippen molar-refractivity contribution in [3.63, 3.8) is 0 Å². The number of benzene rings is 1. The van der Waals surface area contributed by atoms with Crippen LogP contribution in [0.4, 0.5) is 0 Å². The second-order valence-corrected chi connectivity index (χ2v) is 7.93. The molecule has 0 aliphatic heterocycles. The first-order chi connectivity index (χ1) is 14.5. The molecular formula is C23H33N7. The van der Waals surface area contributed by atoms with E-state index in [4.69, 9.17) is 4.99 Å². The second-order valence-electron chi connectivity index (χ2n) is 7.93. The van der Waals surface area contributed by atoms with Gasteiger partial charge in [-0.05, 0) is 18.4 Å². The summed E-state index contributed by atoms with van der Waals surface area (Å²) < 4.78 is 3.85.